The summed E-state index contributed by atoms with van der Waals surface area (Å²) in [6, 6.07) is 5.20. The van der Waals surface area contributed by atoms with Crippen LogP contribution in [0.5, 0.6) is 0 Å². The molecule has 2 rings (SSSR count). The zero-order chi connectivity index (χ0) is 13.1. The zero-order valence-electron chi connectivity index (χ0n) is 9.54. The number of rotatable bonds is 3. The average Bonchev–Trinajstić information content (AvgIpc) is 2.82. The maximum absolute atomic E-state index is 11.7. The number of halogens is 2. The first kappa shape index (κ1) is 12.9. The number of carbonyl (C=O) groups is 1. The number of ether oxygens (including phenoxy) is 1. The van der Waals surface area contributed by atoms with E-state index >= 15 is 0 Å². The molecule has 0 atom stereocenters. The molecule has 94 valence electrons. The molecule has 0 amide bonds. The molecule has 0 aliphatic rings. The third kappa shape index (κ3) is 2.35. The lowest BCUT2D eigenvalue weighted by Crippen LogP contribution is -2.06. The summed E-state index contributed by atoms with van der Waals surface area (Å²) in [6.45, 7) is 2.03. The molecule has 2 aromatic rings. The van der Waals surface area contributed by atoms with Crippen molar-refractivity contribution in [3.8, 4) is 11.1 Å². The monoisotopic (exact) mass is 284 g/mol. The number of nitrogens with one attached hydrogen (secondary N) is 1. The molecule has 1 heterocycles. The normalized spacial score (nSPS) is 10.4. The molecule has 1 N–H and O–H groups in total. The van der Waals surface area contributed by atoms with Crippen LogP contribution in [-0.2, 0) is 4.74 Å². The summed E-state index contributed by atoms with van der Waals surface area (Å²) >= 11 is 12.1. The van der Waals surface area contributed by atoms with Crippen LogP contribution in [0.3, 0.4) is 0 Å². The molecule has 0 aliphatic carbocycles. The average molecular weight is 285 g/mol. The minimum atomic E-state index is -0.471. The number of hydrogen-bond donors (Lipinski definition) is 1. The van der Waals surface area contributed by atoms with Gasteiger partial charge >= 0.3 is 5.97 Å². The van der Waals surface area contributed by atoms with Crippen LogP contribution in [0.1, 0.15) is 17.4 Å². The summed E-state index contributed by atoms with van der Waals surface area (Å²) in [5.74, 6) is -0.471. The Bertz CT molecular complexity index is 581. The molecule has 0 unspecified atom stereocenters. The van der Waals surface area contributed by atoms with Crippen LogP contribution in [-0.4, -0.2) is 22.8 Å². The fourth-order valence-corrected chi connectivity index (χ4v) is 1.96. The highest BCUT2D eigenvalue weighted by molar-refractivity contribution is 6.43. The van der Waals surface area contributed by atoms with Crippen LogP contribution in [0.4, 0.5) is 0 Å². The Morgan fingerprint density at radius 2 is 2.17 bits per heavy atom. The standard InChI is InChI=1S/C12H10Cl2N2O2/c1-2-18-12(17)11-8(6-15-16-11)7-4-3-5-9(13)10(7)14/h3-6H,2H2,1H3,(H,15,16). The van der Waals surface area contributed by atoms with E-state index in [-0.39, 0.29) is 5.69 Å². The number of aromatic nitrogens is 2. The highest BCUT2D eigenvalue weighted by Gasteiger charge is 2.18. The predicted octanol–water partition coefficient (Wildman–Crippen LogP) is 3.56. The lowest BCUT2D eigenvalue weighted by molar-refractivity contribution is 0.0520. The number of hydrogen-bond acceptors (Lipinski definition) is 3. The van der Waals surface area contributed by atoms with E-state index in [9.17, 15) is 4.79 Å². The van der Waals surface area contributed by atoms with Gasteiger partial charge in [-0.25, -0.2) is 4.79 Å². The van der Waals surface area contributed by atoms with Gasteiger partial charge in [0.25, 0.3) is 0 Å². The summed E-state index contributed by atoms with van der Waals surface area (Å²) in [6.07, 6.45) is 1.52. The molecule has 6 heteroatoms. The SMILES string of the molecule is CCOC(=O)c1[nH]ncc1-c1cccc(Cl)c1Cl. The van der Waals surface area contributed by atoms with Crippen molar-refractivity contribution in [2.75, 3.05) is 6.61 Å². The number of carbonyl (C=O) groups excluding carboxylic acids is 1. The summed E-state index contributed by atoms with van der Waals surface area (Å²) in [5.41, 5.74) is 1.47. The van der Waals surface area contributed by atoms with E-state index in [0.29, 0.717) is 27.8 Å². The topological polar surface area (TPSA) is 55.0 Å². The maximum atomic E-state index is 11.7. The minimum absolute atomic E-state index is 0.265. The molecular weight excluding hydrogens is 275 g/mol. The quantitative estimate of drug-likeness (QED) is 0.877. The molecule has 0 bridgehead atoms. The van der Waals surface area contributed by atoms with E-state index in [1.165, 1.54) is 6.20 Å². The lowest BCUT2D eigenvalue weighted by atomic mass is 10.1. The van der Waals surface area contributed by atoms with Crippen LogP contribution in [0.15, 0.2) is 24.4 Å². The van der Waals surface area contributed by atoms with Gasteiger partial charge in [0, 0.05) is 11.1 Å². The van der Waals surface area contributed by atoms with E-state index < -0.39 is 5.97 Å². The largest absolute Gasteiger partial charge is 0.461 e. The van der Waals surface area contributed by atoms with Crippen molar-refractivity contribution in [3.05, 3.63) is 40.1 Å². The molecular formula is C12H10Cl2N2O2. The minimum Gasteiger partial charge on any atom is -0.461 e. The zero-order valence-corrected chi connectivity index (χ0v) is 11.0. The van der Waals surface area contributed by atoms with E-state index in [1.54, 1.807) is 25.1 Å². The van der Waals surface area contributed by atoms with Crippen molar-refractivity contribution in [2.24, 2.45) is 0 Å². The van der Waals surface area contributed by atoms with Crippen LogP contribution < -0.4 is 0 Å². The number of benzene rings is 1. The fourth-order valence-electron chi connectivity index (χ4n) is 1.56. The summed E-state index contributed by atoms with van der Waals surface area (Å²) < 4.78 is 4.93. The van der Waals surface area contributed by atoms with E-state index in [1.807, 2.05) is 0 Å². The Hall–Kier alpha value is -1.52. The second kappa shape index (κ2) is 5.42. The van der Waals surface area contributed by atoms with Gasteiger partial charge in [0.15, 0.2) is 5.69 Å². The number of esters is 1. The van der Waals surface area contributed by atoms with Crippen molar-refractivity contribution < 1.29 is 9.53 Å². The summed E-state index contributed by atoms with van der Waals surface area (Å²) in [4.78, 5) is 11.7. The Morgan fingerprint density at radius 1 is 1.39 bits per heavy atom. The van der Waals surface area contributed by atoms with Gasteiger partial charge in [-0.15, -0.1) is 0 Å². The summed E-state index contributed by atoms with van der Waals surface area (Å²) in [7, 11) is 0. The third-order valence-electron chi connectivity index (χ3n) is 2.36. The molecule has 0 radical (unpaired) electrons. The van der Waals surface area contributed by atoms with Crippen molar-refractivity contribution in [3.63, 3.8) is 0 Å². The molecule has 0 saturated heterocycles. The lowest BCUT2D eigenvalue weighted by Gasteiger charge is -2.06. The molecule has 0 saturated carbocycles. The van der Waals surface area contributed by atoms with Crippen molar-refractivity contribution in [1.82, 2.24) is 10.2 Å². The summed E-state index contributed by atoms with van der Waals surface area (Å²) in [5, 5.41) is 7.26. The number of aromatic amines is 1. The van der Waals surface area contributed by atoms with Crippen molar-refractivity contribution >= 4 is 29.2 Å². The Morgan fingerprint density at radius 3 is 2.89 bits per heavy atom. The van der Waals surface area contributed by atoms with Crippen LogP contribution >= 0.6 is 23.2 Å². The fraction of sp³-hybridized carbons (Fsp3) is 0.167. The first-order valence-electron chi connectivity index (χ1n) is 5.30. The van der Waals surface area contributed by atoms with E-state index in [2.05, 4.69) is 10.2 Å². The second-order valence-corrected chi connectivity index (χ2v) is 4.27. The van der Waals surface area contributed by atoms with E-state index in [4.69, 9.17) is 27.9 Å². The van der Waals surface area contributed by atoms with Crippen LogP contribution in [0.2, 0.25) is 10.0 Å². The number of H-pyrrole nitrogens is 1. The smallest absolute Gasteiger partial charge is 0.356 e. The Kier molecular flexibility index (Phi) is 3.89. The highest BCUT2D eigenvalue weighted by Crippen LogP contribution is 2.34. The van der Waals surface area contributed by atoms with Crippen LogP contribution in [0, 0.1) is 0 Å². The first-order valence-corrected chi connectivity index (χ1v) is 6.05. The van der Waals surface area contributed by atoms with Gasteiger partial charge in [0.05, 0.1) is 22.8 Å². The predicted molar refractivity (Wildman–Crippen MR) is 70.0 cm³/mol. The molecule has 1 aromatic carbocycles. The van der Waals surface area contributed by atoms with Gasteiger partial charge in [-0.2, -0.15) is 5.10 Å². The van der Waals surface area contributed by atoms with Crippen molar-refractivity contribution in [2.45, 2.75) is 6.92 Å². The molecule has 0 fully saturated rings. The van der Waals surface area contributed by atoms with Gasteiger partial charge in [-0.1, -0.05) is 35.3 Å². The first-order chi connectivity index (χ1) is 8.65. The third-order valence-corrected chi connectivity index (χ3v) is 3.18. The van der Waals surface area contributed by atoms with E-state index in [0.717, 1.165) is 0 Å². The Labute approximate surface area is 114 Å². The molecule has 0 spiro atoms. The Balaban J connectivity index is 2.49. The molecule has 0 aliphatic heterocycles. The molecule has 1 aromatic heterocycles. The van der Waals surface area contributed by atoms with Gasteiger partial charge in [0.2, 0.25) is 0 Å². The maximum Gasteiger partial charge on any atom is 0.356 e. The molecule has 18 heavy (non-hydrogen) atoms. The highest BCUT2D eigenvalue weighted by atomic mass is 35.5. The number of nitrogens with zero attached hydrogens (tertiary/aromatic N) is 1. The van der Waals surface area contributed by atoms with Crippen molar-refractivity contribution in [1.29, 1.82) is 0 Å². The second-order valence-electron chi connectivity index (χ2n) is 3.48. The van der Waals surface area contributed by atoms with Gasteiger partial charge < -0.3 is 4.74 Å². The van der Waals surface area contributed by atoms with Gasteiger partial charge in [0.1, 0.15) is 0 Å². The van der Waals surface area contributed by atoms with Gasteiger partial charge in [-0.3, -0.25) is 5.10 Å². The van der Waals surface area contributed by atoms with Crippen LogP contribution in [0.25, 0.3) is 11.1 Å². The van der Waals surface area contributed by atoms with Gasteiger partial charge in [-0.05, 0) is 13.0 Å². The molecule has 4 nitrogen and oxygen atoms in total.